The maximum Gasteiger partial charge on any atom is 0.253 e. The summed E-state index contributed by atoms with van der Waals surface area (Å²) in [5.74, 6) is -0.228. The van der Waals surface area contributed by atoms with E-state index in [-0.39, 0.29) is 5.91 Å². The first-order valence-corrected chi connectivity index (χ1v) is 4.84. The molecular formula is C11H16N2O2. The van der Waals surface area contributed by atoms with Crippen molar-refractivity contribution in [2.24, 2.45) is 0 Å². The average Bonchev–Trinajstić information content (AvgIpc) is 2.18. The minimum Gasteiger partial charge on any atom is -0.391 e. The number of aliphatic hydroxyl groups excluding tert-OH is 1. The molecule has 15 heavy (non-hydrogen) atoms. The predicted octanol–water partition coefficient (Wildman–Crippen LogP) is 0.971. The van der Waals surface area contributed by atoms with Gasteiger partial charge >= 0.3 is 0 Å². The Morgan fingerprint density at radius 3 is 2.73 bits per heavy atom. The van der Waals surface area contributed by atoms with Crippen molar-refractivity contribution in [1.82, 2.24) is 10.3 Å². The third-order valence-electron chi connectivity index (χ3n) is 2.40. The summed E-state index contributed by atoms with van der Waals surface area (Å²) in [7, 11) is 0. The molecule has 1 aromatic rings. The number of nitrogens with one attached hydrogen (secondary N) is 1. The minimum absolute atomic E-state index is 0.228. The van der Waals surface area contributed by atoms with E-state index in [4.69, 9.17) is 0 Å². The molecular weight excluding hydrogens is 192 g/mol. The molecule has 1 unspecified atom stereocenters. The normalized spacial score (nSPS) is 13.3. The highest BCUT2D eigenvalue weighted by atomic mass is 16.3. The summed E-state index contributed by atoms with van der Waals surface area (Å²) in [6.07, 6.45) is 2.49. The van der Waals surface area contributed by atoms with Crippen LogP contribution in [0.25, 0.3) is 0 Å². The first-order valence-electron chi connectivity index (χ1n) is 4.84. The monoisotopic (exact) mass is 208 g/mol. The van der Waals surface area contributed by atoms with Crippen LogP contribution < -0.4 is 5.32 Å². The Kier molecular flexibility index (Phi) is 3.42. The molecule has 0 saturated heterocycles. The number of carbonyl (C=O) groups excluding carboxylic acids is 1. The van der Waals surface area contributed by atoms with Gasteiger partial charge in [0.1, 0.15) is 0 Å². The highest BCUT2D eigenvalue weighted by molar-refractivity contribution is 5.94. The highest BCUT2D eigenvalue weighted by Gasteiger charge is 2.26. The summed E-state index contributed by atoms with van der Waals surface area (Å²) >= 11 is 0. The lowest BCUT2D eigenvalue weighted by Crippen LogP contribution is -2.50. The van der Waals surface area contributed by atoms with Crippen molar-refractivity contribution in [1.29, 1.82) is 0 Å². The van der Waals surface area contributed by atoms with E-state index in [1.165, 1.54) is 6.20 Å². The highest BCUT2D eigenvalue weighted by Crippen LogP contribution is 2.09. The second kappa shape index (κ2) is 4.40. The Morgan fingerprint density at radius 2 is 2.27 bits per heavy atom. The molecule has 0 fully saturated rings. The summed E-state index contributed by atoms with van der Waals surface area (Å²) in [6.45, 7) is 5.18. The zero-order chi connectivity index (χ0) is 11.5. The van der Waals surface area contributed by atoms with Crippen molar-refractivity contribution >= 4 is 5.91 Å². The largest absolute Gasteiger partial charge is 0.391 e. The number of pyridine rings is 1. The molecule has 0 bridgehead atoms. The number of amides is 1. The van der Waals surface area contributed by atoms with Gasteiger partial charge in [0.2, 0.25) is 0 Å². The van der Waals surface area contributed by atoms with Crippen LogP contribution in [-0.4, -0.2) is 27.6 Å². The van der Waals surface area contributed by atoms with Gasteiger partial charge in [-0.1, -0.05) is 0 Å². The molecule has 0 aliphatic carbocycles. The van der Waals surface area contributed by atoms with Crippen LogP contribution in [0.15, 0.2) is 24.5 Å². The first kappa shape index (κ1) is 11.7. The van der Waals surface area contributed by atoms with E-state index in [2.05, 4.69) is 10.3 Å². The van der Waals surface area contributed by atoms with Crippen LogP contribution >= 0.6 is 0 Å². The van der Waals surface area contributed by atoms with Crippen LogP contribution in [0.4, 0.5) is 0 Å². The number of rotatable bonds is 3. The molecule has 0 radical (unpaired) electrons. The molecule has 4 nitrogen and oxygen atoms in total. The fourth-order valence-electron chi connectivity index (χ4n) is 0.966. The van der Waals surface area contributed by atoms with Crippen LogP contribution in [0.5, 0.6) is 0 Å². The molecule has 1 amide bonds. The third kappa shape index (κ3) is 3.02. The Labute approximate surface area is 89.3 Å². The number of aliphatic hydroxyl groups is 1. The smallest absolute Gasteiger partial charge is 0.253 e. The van der Waals surface area contributed by atoms with E-state index in [9.17, 15) is 9.90 Å². The van der Waals surface area contributed by atoms with E-state index in [1.54, 1.807) is 39.1 Å². The van der Waals surface area contributed by atoms with E-state index in [1.807, 2.05) is 0 Å². The molecule has 82 valence electrons. The van der Waals surface area contributed by atoms with Gasteiger partial charge in [0.05, 0.1) is 17.2 Å². The van der Waals surface area contributed by atoms with Crippen LogP contribution in [0.2, 0.25) is 0 Å². The van der Waals surface area contributed by atoms with E-state index in [0.29, 0.717) is 5.56 Å². The summed E-state index contributed by atoms with van der Waals surface area (Å²) in [6, 6.07) is 3.38. The van der Waals surface area contributed by atoms with Crippen LogP contribution in [0, 0.1) is 0 Å². The quantitative estimate of drug-likeness (QED) is 0.778. The maximum atomic E-state index is 11.7. The third-order valence-corrected chi connectivity index (χ3v) is 2.40. The lowest BCUT2D eigenvalue weighted by atomic mass is 9.98. The lowest BCUT2D eigenvalue weighted by molar-refractivity contribution is 0.0709. The van der Waals surface area contributed by atoms with Gasteiger partial charge in [-0.05, 0) is 32.9 Å². The summed E-state index contributed by atoms with van der Waals surface area (Å²) in [5.41, 5.74) is -0.154. The first-order chi connectivity index (χ1) is 6.93. The Morgan fingerprint density at radius 1 is 1.60 bits per heavy atom. The van der Waals surface area contributed by atoms with Gasteiger partial charge in [-0.25, -0.2) is 0 Å². The Bertz CT molecular complexity index is 334. The van der Waals surface area contributed by atoms with Gasteiger partial charge in [-0.3, -0.25) is 9.78 Å². The van der Waals surface area contributed by atoms with Crippen molar-refractivity contribution < 1.29 is 9.90 Å². The zero-order valence-electron chi connectivity index (χ0n) is 9.19. The number of hydrogen-bond donors (Lipinski definition) is 2. The van der Waals surface area contributed by atoms with Gasteiger partial charge in [-0.15, -0.1) is 0 Å². The lowest BCUT2D eigenvalue weighted by Gasteiger charge is -2.29. The van der Waals surface area contributed by atoms with E-state index >= 15 is 0 Å². The second-order valence-corrected chi connectivity index (χ2v) is 4.09. The van der Waals surface area contributed by atoms with Crippen molar-refractivity contribution in [2.75, 3.05) is 0 Å². The number of nitrogens with zero attached hydrogens (tertiary/aromatic N) is 1. The maximum absolute atomic E-state index is 11.7. The summed E-state index contributed by atoms with van der Waals surface area (Å²) < 4.78 is 0. The van der Waals surface area contributed by atoms with Gasteiger partial charge < -0.3 is 10.4 Å². The fraction of sp³-hybridized carbons (Fsp3) is 0.455. The molecule has 2 N–H and O–H groups in total. The van der Waals surface area contributed by atoms with E-state index < -0.39 is 11.6 Å². The van der Waals surface area contributed by atoms with Gasteiger partial charge in [-0.2, -0.15) is 0 Å². The zero-order valence-corrected chi connectivity index (χ0v) is 9.19. The molecule has 0 spiro atoms. The predicted molar refractivity (Wildman–Crippen MR) is 57.5 cm³/mol. The van der Waals surface area contributed by atoms with Gasteiger partial charge in [0, 0.05) is 12.4 Å². The SMILES string of the molecule is CC(O)C(C)(C)NC(=O)c1cccnc1. The average molecular weight is 208 g/mol. The molecule has 1 atom stereocenters. The van der Waals surface area contributed by atoms with Crippen LogP contribution in [0.3, 0.4) is 0 Å². The van der Waals surface area contributed by atoms with E-state index in [0.717, 1.165) is 0 Å². The number of carbonyl (C=O) groups is 1. The summed E-state index contributed by atoms with van der Waals surface area (Å²) in [4.78, 5) is 15.6. The van der Waals surface area contributed by atoms with Crippen molar-refractivity contribution in [2.45, 2.75) is 32.4 Å². The number of aromatic nitrogens is 1. The Hall–Kier alpha value is -1.42. The van der Waals surface area contributed by atoms with Gasteiger partial charge in [0.25, 0.3) is 5.91 Å². The fourth-order valence-corrected chi connectivity index (χ4v) is 0.966. The van der Waals surface area contributed by atoms with Crippen LogP contribution in [0.1, 0.15) is 31.1 Å². The molecule has 0 aromatic carbocycles. The molecule has 1 heterocycles. The topological polar surface area (TPSA) is 62.2 Å². The molecule has 0 aliphatic rings. The van der Waals surface area contributed by atoms with Crippen molar-refractivity contribution in [3.63, 3.8) is 0 Å². The summed E-state index contributed by atoms with van der Waals surface area (Å²) in [5, 5.41) is 12.2. The standard InChI is InChI=1S/C11H16N2O2/c1-8(14)11(2,3)13-10(15)9-5-4-6-12-7-9/h4-8,14H,1-3H3,(H,13,15). The Balaban J connectivity index is 2.73. The van der Waals surface area contributed by atoms with Crippen LogP contribution in [-0.2, 0) is 0 Å². The molecule has 0 saturated carbocycles. The molecule has 1 rings (SSSR count). The number of hydrogen-bond acceptors (Lipinski definition) is 3. The van der Waals surface area contributed by atoms with Crippen molar-refractivity contribution in [3.05, 3.63) is 30.1 Å². The molecule has 1 aromatic heterocycles. The van der Waals surface area contributed by atoms with Crippen molar-refractivity contribution in [3.8, 4) is 0 Å². The second-order valence-electron chi connectivity index (χ2n) is 4.09. The molecule has 0 aliphatic heterocycles. The molecule has 4 heteroatoms. The minimum atomic E-state index is -0.646. The van der Waals surface area contributed by atoms with Gasteiger partial charge in [0.15, 0.2) is 0 Å².